The van der Waals surface area contributed by atoms with Crippen molar-refractivity contribution in [3.05, 3.63) is 0 Å². The first-order valence-electron chi connectivity index (χ1n) is 2.75. The maximum atomic E-state index is 5.14. The van der Waals surface area contributed by atoms with Crippen molar-refractivity contribution in [3.8, 4) is 0 Å². The van der Waals surface area contributed by atoms with Crippen LogP contribution >= 0.6 is 0 Å². The normalized spacial score (nSPS) is 36.0. The van der Waals surface area contributed by atoms with Gasteiger partial charge in [0.1, 0.15) is 6.23 Å². The van der Waals surface area contributed by atoms with Crippen LogP contribution in [-0.2, 0) is 4.74 Å². The van der Waals surface area contributed by atoms with Gasteiger partial charge >= 0.3 is 0 Å². The Morgan fingerprint density at radius 2 is 2.12 bits per heavy atom. The molecule has 0 saturated carbocycles. The van der Waals surface area contributed by atoms with E-state index in [9.17, 15) is 0 Å². The van der Waals surface area contributed by atoms with Crippen LogP contribution in [0.5, 0.6) is 0 Å². The van der Waals surface area contributed by atoms with Crippen molar-refractivity contribution in [3.63, 3.8) is 0 Å². The molecule has 0 amide bonds. The summed E-state index contributed by atoms with van der Waals surface area (Å²) in [6, 6.07) is 0. The van der Waals surface area contributed by atoms with E-state index in [1.165, 1.54) is 0 Å². The van der Waals surface area contributed by atoms with E-state index < -0.39 is 0 Å². The van der Waals surface area contributed by atoms with Gasteiger partial charge in [0.2, 0.25) is 0 Å². The Balaban J connectivity index is 2.16. The van der Waals surface area contributed by atoms with Crippen molar-refractivity contribution in [2.45, 2.75) is 12.5 Å². The van der Waals surface area contributed by atoms with Gasteiger partial charge in [0.05, 0.1) is 0 Å². The molecule has 3 heteroatoms. The second-order valence-electron chi connectivity index (χ2n) is 2.20. The lowest BCUT2D eigenvalue weighted by Gasteiger charge is -2.02. The van der Waals surface area contributed by atoms with Crippen LogP contribution in [0, 0.1) is 0 Å². The summed E-state index contributed by atoms with van der Waals surface area (Å²) in [6.45, 7) is 0. The number of ether oxygens (including phenoxy) is 1. The zero-order valence-corrected chi connectivity index (χ0v) is 5.51. The van der Waals surface area contributed by atoms with Gasteiger partial charge in [0.15, 0.2) is 6.23 Å². The highest BCUT2D eigenvalue weighted by Crippen LogP contribution is 2.19. The molecule has 1 saturated heterocycles. The topological polar surface area (TPSA) is 27.8 Å². The molecule has 1 aliphatic rings. The summed E-state index contributed by atoms with van der Waals surface area (Å²) < 4.78 is 5.14. The van der Waals surface area contributed by atoms with Gasteiger partial charge in [0, 0.05) is 0 Å². The fourth-order valence-electron chi connectivity index (χ4n) is 0.708. The van der Waals surface area contributed by atoms with E-state index in [1.807, 2.05) is 26.0 Å². The number of hydrogen-bond donors (Lipinski definition) is 1. The first-order valence-corrected chi connectivity index (χ1v) is 2.75. The Bertz CT molecular complexity index is 84.5. The first kappa shape index (κ1) is 6.01. The number of epoxide rings is 1. The third kappa shape index (κ3) is 0.992. The van der Waals surface area contributed by atoms with Crippen LogP contribution in [0.2, 0.25) is 0 Å². The van der Waals surface area contributed by atoms with Crippen molar-refractivity contribution < 1.29 is 4.74 Å². The van der Waals surface area contributed by atoms with Crippen molar-refractivity contribution in [2.24, 2.45) is 0 Å². The maximum Gasteiger partial charge on any atom is 0.152 e. The van der Waals surface area contributed by atoms with Crippen molar-refractivity contribution >= 4 is 0 Å². The van der Waals surface area contributed by atoms with Gasteiger partial charge in [-0.3, -0.25) is 10.2 Å². The lowest BCUT2D eigenvalue weighted by atomic mass is 10.6. The number of nitrogens with one attached hydrogen (secondary N) is 1. The third-order valence-corrected chi connectivity index (χ3v) is 1.26. The van der Waals surface area contributed by atoms with Crippen LogP contribution < -0.4 is 5.32 Å². The molecule has 2 atom stereocenters. The maximum absolute atomic E-state index is 5.14. The highest BCUT2D eigenvalue weighted by molar-refractivity contribution is 4.77. The van der Waals surface area contributed by atoms with Crippen LogP contribution in [0.1, 0.15) is 0 Å². The molecule has 0 radical (unpaired) electrons. The molecule has 2 unspecified atom stereocenters. The number of likely N-dealkylation sites (N-methyl/N-ethyl adjacent to an activating group) is 2. The summed E-state index contributed by atoms with van der Waals surface area (Å²) in [5.74, 6) is 0. The number of rotatable bonds is 2. The van der Waals surface area contributed by atoms with Crippen molar-refractivity contribution in [2.75, 3.05) is 21.1 Å². The molecular formula is C5H12N2O. The Kier molecular flexibility index (Phi) is 1.51. The minimum absolute atomic E-state index is 0.269. The van der Waals surface area contributed by atoms with Gasteiger partial charge in [-0.25, -0.2) is 0 Å². The molecule has 8 heavy (non-hydrogen) atoms. The van der Waals surface area contributed by atoms with Crippen molar-refractivity contribution in [1.29, 1.82) is 0 Å². The van der Waals surface area contributed by atoms with Crippen LogP contribution in [0.3, 0.4) is 0 Å². The summed E-state index contributed by atoms with van der Waals surface area (Å²) in [7, 11) is 5.90. The summed E-state index contributed by atoms with van der Waals surface area (Å²) in [6.07, 6.45) is 0.574. The Labute approximate surface area is 49.6 Å². The summed E-state index contributed by atoms with van der Waals surface area (Å²) in [5.41, 5.74) is 0. The number of hydrogen-bond acceptors (Lipinski definition) is 3. The monoisotopic (exact) mass is 116 g/mol. The second kappa shape index (κ2) is 2.01. The molecule has 3 nitrogen and oxygen atoms in total. The highest BCUT2D eigenvalue weighted by atomic mass is 16.6. The molecule has 0 aromatic carbocycles. The summed E-state index contributed by atoms with van der Waals surface area (Å²) in [5, 5.41) is 3.01. The van der Waals surface area contributed by atoms with Gasteiger partial charge in [-0.05, 0) is 21.1 Å². The fraction of sp³-hybridized carbons (Fsp3) is 1.00. The number of nitrogens with zero attached hydrogens (tertiary/aromatic N) is 1. The SMILES string of the molecule is CNC1OC1N(C)C. The van der Waals surface area contributed by atoms with E-state index >= 15 is 0 Å². The van der Waals surface area contributed by atoms with E-state index in [0.29, 0.717) is 6.23 Å². The molecule has 0 aromatic heterocycles. The molecule has 0 bridgehead atoms. The smallest absolute Gasteiger partial charge is 0.152 e. The molecular weight excluding hydrogens is 104 g/mol. The average Bonchev–Trinajstić information content (AvgIpc) is 2.42. The Morgan fingerprint density at radius 3 is 2.25 bits per heavy atom. The first-order chi connectivity index (χ1) is 3.75. The highest BCUT2D eigenvalue weighted by Gasteiger charge is 2.39. The molecule has 0 aromatic rings. The van der Waals surface area contributed by atoms with E-state index in [0.717, 1.165) is 0 Å². The lowest BCUT2D eigenvalue weighted by Crippen LogP contribution is -2.23. The molecule has 0 spiro atoms. The van der Waals surface area contributed by atoms with Gasteiger partial charge < -0.3 is 4.74 Å². The predicted molar refractivity (Wildman–Crippen MR) is 31.4 cm³/mol. The molecule has 0 aliphatic carbocycles. The minimum Gasteiger partial charge on any atom is -0.337 e. The fourth-order valence-corrected chi connectivity index (χ4v) is 0.708. The third-order valence-electron chi connectivity index (χ3n) is 1.26. The van der Waals surface area contributed by atoms with E-state index in [2.05, 4.69) is 5.32 Å². The zero-order chi connectivity index (χ0) is 6.15. The second-order valence-corrected chi connectivity index (χ2v) is 2.20. The Morgan fingerprint density at radius 1 is 1.50 bits per heavy atom. The lowest BCUT2D eigenvalue weighted by molar-refractivity contribution is 0.243. The molecule has 1 aliphatic heterocycles. The Hall–Kier alpha value is -0.120. The molecule has 48 valence electrons. The van der Waals surface area contributed by atoms with Crippen LogP contribution in [0.4, 0.5) is 0 Å². The summed E-state index contributed by atoms with van der Waals surface area (Å²) in [4.78, 5) is 2.04. The molecule has 1 heterocycles. The van der Waals surface area contributed by atoms with Crippen LogP contribution in [0.25, 0.3) is 0 Å². The minimum atomic E-state index is 0.269. The van der Waals surface area contributed by atoms with E-state index in [4.69, 9.17) is 4.74 Å². The quantitative estimate of drug-likeness (QED) is 0.490. The molecule has 1 N–H and O–H groups in total. The largest absolute Gasteiger partial charge is 0.337 e. The summed E-state index contributed by atoms with van der Waals surface area (Å²) >= 11 is 0. The van der Waals surface area contributed by atoms with Gasteiger partial charge in [-0.15, -0.1) is 0 Å². The van der Waals surface area contributed by atoms with Gasteiger partial charge in [-0.1, -0.05) is 0 Å². The van der Waals surface area contributed by atoms with Crippen LogP contribution in [-0.4, -0.2) is 38.5 Å². The van der Waals surface area contributed by atoms with Gasteiger partial charge in [-0.2, -0.15) is 0 Å². The van der Waals surface area contributed by atoms with E-state index in [-0.39, 0.29) is 6.23 Å². The van der Waals surface area contributed by atoms with E-state index in [1.54, 1.807) is 0 Å². The zero-order valence-electron chi connectivity index (χ0n) is 5.51. The van der Waals surface area contributed by atoms with Crippen molar-refractivity contribution in [1.82, 2.24) is 10.2 Å². The standard InChI is InChI=1S/C5H12N2O/c1-6-4-5(8-4)7(2)3/h4-6H,1-3H3. The molecule has 1 fully saturated rings. The average molecular weight is 116 g/mol. The van der Waals surface area contributed by atoms with Gasteiger partial charge in [0.25, 0.3) is 0 Å². The predicted octanol–water partition coefficient (Wildman–Crippen LogP) is -0.550. The van der Waals surface area contributed by atoms with Crippen LogP contribution in [0.15, 0.2) is 0 Å². The molecule has 1 rings (SSSR count).